The van der Waals surface area contributed by atoms with Crippen LogP contribution in [0.3, 0.4) is 0 Å². The Kier molecular flexibility index (Phi) is 4.66. The van der Waals surface area contributed by atoms with Crippen LogP contribution in [0, 0.1) is 0 Å². The highest BCUT2D eigenvalue weighted by atomic mass is 32.1. The minimum absolute atomic E-state index is 0.337. The number of aromatic nitrogens is 1. The summed E-state index contributed by atoms with van der Waals surface area (Å²) in [7, 11) is 0. The minimum Gasteiger partial charge on any atom is -0.444 e. The van der Waals surface area contributed by atoms with E-state index < -0.39 is 17.7 Å². The average molecular weight is 271 g/mol. The maximum Gasteiger partial charge on any atom is 0.408 e. The molecule has 0 radical (unpaired) electrons. The molecule has 7 heteroatoms. The first-order chi connectivity index (χ1) is 8.28. The van der Waals surface area contributed by atoms with Crippen LogP contribution in [0.15, 0.2) is 11.6 Å². The Labute approximate surface area is 110 Å². The van der Waals surface area contributed by atoms with Gasteiger partial charge >= 0.3 is 6.09 Å². The van der Waals surface area contributed by atoms with Gasteiger partial charge in [-0.25, -0.2) is 9.78 Å². The Morgan fingerprint density at radius 3 is 2.61 bits per heavy atom. The van der Waals surface area contributed by atoms with Crippen LogP contribution in [0.1, 0.15) is 27.7 Å². The lowest BCUT2D eigenvalue weighted by atomic mass is 10.2. The van der Waals surface area contributed by atoms with Crippen molar-refractivity contribution in [2.45, 2.75) is 39.3 Å². The Bertz CT molecular complexity index is 412. The smallest absolute Gasteiger partial charge is 0.408 e. The third-order valence-electron chi connectivity index (χ3n) is 1.79. The van der Waals surface area contributed by atoms with E-state index in [9.17, 15) is 9.59 Å². The Morgan fingerprint density at radius 2 is 2.11 bits per heavy atom. The molecule has 1 heterocycles. The van der Waals surface area contributed by atoms with Crippen molar-refractivity contribution in [3.8, 4) is 0 Å². The molecule has 18 heavy (non-hydrogen) atoms. The summed E-state index contributed by atoms with van der Waals surface area (Å²) in [5.41, 5.74) is -0.588. The van der Waals surface area contributed by atoms with Gasteiger partial charge in [0.05, 0.1) is 0 Å². The number of amides is 2. The molecule has 0 saturated carbocycles. The van der Waals surface area contributed by atoms with Gasteiger partial charge in [-0.3, -0.25) is 4.79 Å². The standard InChI is InChI=1S/C11H17N3O3S/c1-7(13-10(16)17-11(2,3)4)8(15)14-9-12-5-6-18-9/h5-7H,1-4H3,(H,13,16)(H,12,14,15). The Balaban J connectivity index is 2.42. The van der Waals surface area contributed by atoms with Gasteiger partial charge in [0.2, 0.25) is 5.91 Å². The quantitative estimate of drug-likeness (QED) is 0.881. The summed E-state index contributed by atoms with van der Waals surface area (Å²) in [4.78, 5) is 27.1. The number of nitrogens with zero attached hydrogens (tertiary/aromatic N) is 1. The molecule has 0 aliphatic carbocycles. The Hall–Kier alpha value is -1.63. The second-order valence-corrected chi connectivity index (χ2v) is 5.59. The summed E-state index contributed by atoms with van der Waals surface area (Å²) in [6.07, 6.45) is 0.968. The molecule has 0 aliphatic rings. The van der Waals surface area contributed by atoms with E-state index in [1.54, 1.807) is 39.3 Å². The van der Waals surface area contributed by atoms with Crippen LogP contribution in [-0.2, 0) is 9.53 Å². The predicted molar refractivity (Wildman–Crippen MR) is 69.6 cm³/mol. The third-order valence-corrected chi connectivity index (χ3v) is 2.48. The summed E-state index contributed by atoms with van der Waals surface area (Å²) in [5, 5.41) is 7.29. The maximum absolute atomic E-state index is 11.7. The topological polar surface area (TPSA) is 80.3 Å². The molecule has 1 aromatic rings. The van der Waals surface area contributed by atoms with Crippen LogP contribution < -0.4 is 10.6 Å². The third kappa shape index (κ3) is 5.13. The first kappa shape index (κ1) is 14.4. The zero-order valence-corrected chi connectivity index (χ0v) is 11.6. The fourth-order valence-corrected chi connectivity index (χ4v) is 1.58. The molecule has 0 bridgehead atoms. The van der Waals surface area contributed by atoms with Crippen molar-refractivity contribution in [2.24, 2.45) is 0 Å². The highest BCUT2D eigenvalue weighted by Gasteiger charge is 2.21. The number of ether oxygens (including phenoxy) is 1. The number of rotatable bonds is 3. The van der Waals surface area contributed by atoms with Gasteiger partial charge < -0.3 is 15.4 Å². The molecule has 0 fully saturated rings. The lowest BCUT2D eigenvalue weighted by Gasteiger charge is -2.21. The van der Waals surface area contributed by atoms with Gasteiger partial charge in [0.25, 0.3) is 0 Å². The predicted octanol–water partition coefficient (Wildman–Crippen LogP) is 1.99. The Morgan fingerprint density at radius 1 is 1.44 bits per heavy atom. The van der Waals surface area contributed by atoms with Crippen LogP contribution in [0.4, 0.5) is 9.93 Å². The van der Waals surface area contributed by atoms with Crippen molar-refractivity contribution in [1.29, 1.82) is 0 Å². The van der Waals surface area contributed by atoms with Gasteiger partial charge in [-0.05, 0) is 27.7 Å². The summed E-state index contributed by atoms with van der Waals surface area (Å²) in [5.74, 6) is -0.337. The fourth-order valence-electron chi connectivity index (χ4n) is 1.05. The molecular weight excluding hydrogens is 254 g/mol. The van der Waals surface area contributed by atoms with E-state index in [2.05, 4.69) is 15.6 Å². The van der Waals surface area contributed by atoms with Crippen molar-refractivity contribution in [3.05, 3.63) is 11.6 Å². The number of thiazole rings is 1. The number of hydrogen-bond acceptors (Lipinski definition) is 5. The van der Waals surface area contributed by atoms with Crippen LogP contribution in [0.2, 0.25) is 0 Å². The second-order valence-electron chi connectivity index (χ2n) is 4.69. The zero-order valence-electron chi connectivity index (χ0n) is 10.8. The summed E-state index contributed by atoms with van der Waals surface area (Å²) >= 11 is 1.31. The molecule has 2 N–H and O–H groups in total. The zero-order chi connectivity index (χ0) is 13.8. The highest BCUT2D eigenvalue weighted by Crippen LogP contribution is 2.11. The van der Waals surface area contributed by atoms with E-state index in [-0.39, 0.29) is 5.91 Å². The molecule has 0 spiro atoms. The van der Waals surface area contributed by atoms with E-state index in [0.29, 0.717) is 5.13 Å². The van der Waals surface area contributed by atoms with E-state index >= 15 is 0 Å². The normalized spacial score (nSPS) is 12.7. The molecule has 0 aromatic carbocycles. The number of carbonyl (C=O) groups is 2. The van der Waals surface area contributed by atoms with Crippen LogP contribution in [-0.4, -0.2) is 28.6 Å². The van der Waals surface area contributed by atoms with Crippen LogP contribution >= 0.6 is 11.3 Å². The maximum atomic E-state index is 11.7. The molecule has 100 valence electrons. The van der Waals surface area contributed by atoms with Crippen molar-refractivity contribution in [1.82, 2.24) is 10.3 Å². The fraction of sp³-hybridized carbons (Fsp3) is 0.545. The highest BCUT2D eigenvalue weighted by molar-refractivity contribution is 7.13. The molecule has 1 rings (SSSR count). The molecule has 0 aliphatic heterocycles. The molecule has 1 aromatic heterocycles. The molecule has 6 nitrogen and oxygen atoms in total. The first-order valence-electron chi connectivity index (χ1n) is 5.48. The van der Waals surface area contributed by atoms with Gasteiger partial charge in [0.15, 0.2) is 5.13 Å². The minimum atomic E-state index is -0.691. The lowest BCUT2D eigenvalue weighted by Crippen LogP contribution is -2.43. The van der Waals surface area contributed by atoms with Gasteiger partial charge in [-0.15, -0.1) is 11.3 Å². The molecule has 0 saturated heterocycles. The number of carbonyl (C=O) groups excluding carboxylic acids is 2. The van der Waals surface area contributed by atoms with Crippen molar-refractivity contribution in [2.75, 3.05) is 5.32 Å². The van der Waals surface area contributed by atoms with Crippen molar-refractivity contribution < 1.29 is 14.3 Å². The molecule has 2 amide bonds. The molecule has 1 atom stereocenters. The first-order valence-corrected chi connectivity index (χ1v) is 6.36. The van der Waals surface area contributed by atoms with E-state index in [1.807, 2.05) is 0 Å². The van der Waals surface area contributed by atoms with Gasteiger partial charge in [0, 0.05) is 11.6 Å². The monoisotopic (exact) mass is 271 g/mol. The summed E-state index contributed by atoms with van der Waals surface area (Å²) < 4.78 is 5.05. The van der Waals surface area contributed by atoms with Crippen LogP contribution in [0.25, 0.3) is 0 Å². The van der Waals surface area contributed by atoms with Crippen molar-refractivity contribution >= 4 is 28.5 Å². The van der Waals surface area contributed by atoms with Gasteiger partial charge in [0.1, 0.15) is 11.6 Å². The van der Waals surface area contributed by atoms with E-state index in [0.717, 1.165) is 0 Å². The number of nitrogens with one attached hydrogen (secondary N) is 2. The largest absolute Gasteiger partial charge is 0.444 e. The average Bonchev–Trinajstić information content (AvgIpc) is 2.66. The number of alkyl carbamates (subject to hydrolysis) is 1. The second kappa shape index (κ2) is 5.81. The SMILES string of the molecule is CC(NC(=O)OC(C)(C)C)C(=O)Nc1nccs1. The molecular formula is C11H17N3O3S. The number of anilines is 1. The van der Waals surface area contributed by atoms with Gasteiger partial charge in [-0.1, -0.05) is 0 Å². The summed E-state index contributed by atoms with van der Waals surface area (Å²) in [6, 6.07) is -0.691. The van der Waals surface area contributed by atoms with Crippen molar-refractivity contribution in [3.63, 3.8) is 0 Å². The number of hydrogen-bond donors (Lipinski definition) is 2. The lowest BCUT2D eigenvalue weighted by molar-refractivity contribution is -0.117. The van der Waals surface area contributed by atoms with E-state index in [1.165, 1.54) is 11.3 Å². The van der Waals surface area contributed by atoms with Gasteiger partial charge in [-0.2, -0.15) is 0 Å². The molecule has 1 unspecified atom stereocenters. The van der Waals surface area contributed by atoms with Crippen LogP contribution in [0.5, 0.6) is 0 Å². The summed E-state index contributed by atoms with van der Waals surface area (Å²) in [6.45, 7) is 6.85. The van der Waals surface area contributed by atoms with E-state index in [4.69, 9.17) is 4.74 Å².